The maximum absolute atomic E-state index is 10.3. The summed E-state index contributed by atoms with van der Waals surface area (Å²) in [5.41, 5.74) is 0. The molecule has 2 aromatic carbocycles. The summed E-state index contributed by atoms with van der Waals surface area (Å²) < 4.78 is 61.7. The second-order valence-corrected chi connectivity index (χ2v) is 6.29. The average molecular weight is 372 g/mol. The molecule has 0 aliphatic heterocycles. The first-order chi connectivity index (χ1) is 9.21. The molecule has 0 aliphatic carbocycles. The quantitative estimate of drug-likeness (QED) is 0.534. The third-order valence-electron chi connectivity index (χ3n) is 2.06. The van der Waals surface area contributed by atoms with E-state index in [1.807, 2.05) is 0 Å². The van der Waals surface area contributed by atoms with Gasteiger partial charge in [0.05, 0.1) is 9.79 Å². The van der Waals surface area contributed by atoms with Gasteiger partial charge in [-0.2, -0.15) is 0 Å². The van der Waals surface area contributed by atoms with Gasteiger partial charge in [-0.3, -0.25) is 0 Å². The van der Waals surface area contributed by atoms with Gasteiger partial charge in [0.2, 0.25) is 0 Å². The van der Waals surface area contributed by atoms with Crippen LogP contribution in [0.1, 0.15) is 0 Å². The first kappa shape index (κ1) is 23.7. The Kier molecular flexibility index (Phi) is 11.1. The van der Waals surface area contributed by atoms with Gasteiger partial charge in [0.25, 0.3) is 0 Å². The maximum atomic E-state index is 10.3. The minimum absolute atomic E-state index is 0. The van der Waals surface area contributed by atoms with Gasteiger partial charge in [-0.05, 0) is 24.3 Å². The Labute approximate surface area is 158 Å². The number of hydrogen-bond donors (Lipinski definition) is 0. The van der Waals surface area contributed by atoms with Gasteiger partial charge in [-0.25, -0.2) is 16.8 Å². The van der Waals surface area contributed by atoms with E-state index < -0.39 is 20.2 Å². The Morgan fingerprint density at radius 3 is 0.955 bits per heavy atom. The van der Waals surface area contributed by atoms with Crippen LogP contribution in [0.4, 0.5) is 0 Å². The van der Waals surface area contributed by atoms with Crippen molar-refractivity contribution in [2.75, 3.05) is 0 Å². The third-order valence-corrected chi connectivity index (χ3v) is 3.76. The summed E-state index contributed by atoms with van der Waals surface area (Å²) >= 11 is 0. The smallest absolute Gasteiger partial charge is 0.744 e. The van der Waals surface area contributed by atoms with Crippen LogP contribution < -0.4 is 0 Å². The molecule has 0 bridgehead atoms. The van der Waals surface area contributed by atoms with E-state index in [2.05, 4.69) is 0 Å². The molecular weight excluding hydrogens is 360 g/mol. The van der Waals surface area contributed by atoms with Crippen LogP contribution in [0.15, 0.2) is 70.5 Å². The van der Waals surface area contributed by atoms with Crippen LogP contribution in [0.25, 0.3) is 0 Å². The van der Waals surface area contributed by atoms with Crippen molar-refractivity contribution in [1.29, 1.82) is 0 Å². The fourth-order valence-corrected chi connectivity index (χ4v) is 2.16. The molecule has 0 saturated carbocycles. The second-order valence-electron chi connectivity index (χ2n) is 3.53. The molecule has 2 rings (SSSR count). The van der Waals surface area contributed by atoms with Gasteiger partial charge in [0.1, 0.15) is 20.2 Å². The van der Waals surface area contributed by atoms with Crippen molar-refractivity contribution in [3.05, 3.63) is 60.7 Å². The van der Waals surface area contributed by atoms with E-state index in [4.69, 9.17) is 0 Å². The van der Waals surface area contributed by atoms with Crippen molar-refractivity contribution in [1.82, 2.24) is 0 Å². The van der Waals surface area contributed by atoms with Crippen LogP contribution in [0, 0.1) is 0 Å². The van der Waals surface area contributed by atoms with Crippen molar-refractivity contribution in [2.24, 2.45) is 0 Å². The van der Waals surface area contributed by atoms with Gasteiger partial charge >= 0.3 is 37.7 Å². The fraction of sp³-hybridized carbons (Fsp3) is 0. The van der Waals surface area contributed by atoms with Crippen molar-refractivity contribution >= 4 is 58.0 Å². The van der Waals surface area contributed by atoms with E-state index in [9.17, 15) is 25.9 Å². The van der Waals surface area contributed by atoms with E-state index in [0.717, 1.165) is 0 Å². The normalized spacial score (nSPS) is 10.3. The summed E-state index contributed by atoms with van der Waals surface area (Å²) in [6.45, 7) is 0. The molecule has 116 valence electrons. The van der Waals surface area contributed by atoms with Crippen LogP contribution in [0.3, 0.4) is 0 Å². The molecule has 0 aliphatic rings. The monoisotopic (exact) mass is 372 g/mol. The number of rotatable bonds is 2. The molecule has 7 nitrogen and oxygen atoms in total. The molecule has 2 N–H and O–H groups in total. The Bertz CT molecular complexity index is 677. The molecule has 0 heterocycles. The summed E-state index contributed by atoms with van der Waals surface area (Å²) in [6.07, 6.45) is 0. The molecule has 0 fully saturated rings. The SMILES string of the molecule is O.O=S(=O)([O-])c1ccccc1.O=S(=O)([O-])c1ccccc1.[Ca+2]. The Hall–Kier alpha value is -0.520. The predicted molar refractivity (Wildman–Crippen MR) is 78.2 cm³/mol. The second kappa shape index (κ2) is 10.3. The standard InChI is InChI=1S/2C6H6O3S.Ca.H2O/c2*7-10(8,9)6-4-2-1-3-5-6;;/h2*1-5H,(H,7,8,9);;1H2/q;;+2;/p-2. The molecule has 0 spiro atoms. The first-order valence-corrected chi connectivity index (χ1v) is 8.05. The Morgan fingerprint density at radius 1 is 0.591 bits per heavy atom. The Morgan fingerprint density at radius 2 is 0.818 bits per heavy atom. The first-order valence-electron chi connectivity index (χ1n) is 5.23. The van der Waals surface area contributed by atoms with Crippen LogP contribution in [0.2, 0.25) is 0 Å². The maximum Gasteiger partial charge on any atom is 2.00 e. The van der Waals surface area contributed by atoms with E-state index in [-0.39, 0.29) is 53.0 Å². The zero-order valence-corrected chi connectivity index (χ0v) is 15.1. The van der Waals surface area contributed by atoms with Gasteiger partial charge < -0.3 is 14.6 Å². The van der Waals surface area contributed by atoms with Crippen molar-refractivity contribution in [2.45, 2.75) is 9.79 Å². The van der Waals surface area contributed by atoms with E-state index >= 15 is 0 Å². The molecule has 0 aromatic heterocycles. The summed E-state index contributed by atoms with van der Waals surface area (Å²) in [6, 6.07) is 14.4. The largest absolute Gasteiger partial charge is 2.00 e. The zero-order valence-electron chi connectivity index (χ0n) is 11.2. The topological polar surface area (TPSA) is 146 Å². The summed E-state index contributed by atoms with van der Waals surface area (Å²) in [4.78, 5) is -0.370. The van der Waals surface area contributed by atoms with Gasteiger partial charge in [-0.1, -0.05) is 36.4 Å². The van der Waals surface area contributed by atoms with Crippen LogP contribution >= 0.6 is 0 Å². The molecule has 0 saturated heterocycles. The molecule has 0 unspecified atom stereocenters. The summed E-state index contributed by atoms with van der Waals surface area (Å²) in [5, 5.41) is 0. The molecule has 0 atom stereocenters. The summed E-state index contributed by atoms with van der Waals surface area (Å²) in [7, 11) is -8.51. The fourth-order valence-electron chi connectivity index (χ4n) is 1.17. The molecule has 0 amide bonds. The minimum Gasteiger partial charge on any atom is -0.744 e. The van der Waals surface area contributed by atoms with E-state index in [0.29, 0.717) is 0 Å². The molecular formula is C12H12CaO7S2. The van der Waals surface area contributed by atoms with Gasteiger partial charge in [0.15, 0.2) is 0 Å². The van der Waals surface area contributed by atoms with Gasteiger partial charge in [-0.15, -0.1) is 0 Å². The molecule has 2 aromatic rings. The van der Waals surface area contributed by atoms with Crippen LogP contribution in [-0.2, 0) is 20.2 Å². The van der Waals surface area contributed by atoms with Crippen molar-refractivity contribution in [3.63, 3.8) is 0 Å². The third kappa shape index (κ3) is 8.81. The molecule has 22 heavy (non-hydrogen) atoms. The summed E-state index contributed by atoms with van der Waals surface area (Å²) in [5.74, 6) is 0. The van der Waals surface area contributed by atoms with Crippen molar-refractivity contribution in [3.8, 4) is 0 Å². The molecule has 0 radical (unpaired) electrons. The number of hydrogen-bond acceptors (Lipinski definition) is 6. The van der Waals surface area contributed by atoms with E-state index in [1.165, 1.54) is 48.5 Å². The average Bonchev–Trinajstić information content (AvgIpc) is 2.40. The predicted octanol–water partition coefficient (Wildman–Crippen LogP) is -0.0241. The van der Waals surface area contributed by atoms with Crippen LogP contribution in [0.5, 0.6) is 0 Å². The van der Waals surface area contributed by atoms with Crippen LogP contribution in [-0.4, -0.2) is 69.2 Å². The van der Waals surface area contributed by atoms with Gasteiger partial charge in [0, 0.05) is 0 Å². The minimum atomic E-state index is -4.25. The number of benzene rings is 2. The molecule has 10 heteroatoms. The van der Waals surface area contributed by atoms with Crippen molar-refractivity contribution < 1.29 is 31.4 Å². The zero-order chi connectivity index (χ0) is 15.2. The van der Waals surface area contributed by atoms with E-state index in [1.54, 1.807) is 12.1 Å². The Balaban J connectivity index is 0.